The second-order valence-electron chi connectivity index (χ2n) is 10.9. The van der Waals surface area contributed by atoms with E-state index in [0.717, 1.165) is 0 Å². The number of halogens is 3. The molecule has 0 spiro atoms. The van der Waals surface area contributed by atoms with Crippen molar-refractivity contribution in [3.63, 3.8) is 0 Å². The number of hydrogen-bond donors (Lipinski definition) is 2. The Bertz CT molecular complexity index is 1320. The largest absolute Gasteiger partial charge is 0.435 e. The molecule has 2 aliphatic heterocycles. The lowest BCUT2D eigenvalue weighted by Gasteiger charge is -2.32. The van der Waals surface area contributed by atoms with Gasteiger partial charge in [-0.15, -0.1) is 0 Å². The van der Waals surface area contributed by atoms with Crippen molar-refractivity contribution in [1.29, 1.82) is 0 Å². The van der Waals surface area contributed by atoms with Gasteiger partial charge in [-0.3, -0.25) is 19.2 Å². The zero-order valence-electron chi connectivity index (χ0n) is 23.6. The number of carbonyl (C=O) groups excluding carboxylic acids is 4. The molecule has 2 atom stereocenters. The molecular weight excluding hydrogens is 553 g/mol. The Balaban J connectivity index is 1.64. The molecule has 0 radical (unpaired) electrons. The maximum atomic E-state index is 14.7. The first-order chi connectivity index (χ1) is 20.0. The molecule has 2 N–H and O–H groups in total. The van der Waals surface area contributed by atoms with Gasteiger partial charge in [0.05, 0.1) is 12.1 Å². The van der Waals surface area contributed by atoms with Gasteiger partial charge < -0.3 is 25.2 Å². The molecule has 2 aromatic carbocycles. The van der Waals surface area contributed by atoms with Crippen LogP contribution in [0.4, 0.5) is 13.2 Å². The van der Waals surface area contributed by atoms with Crippen LogP contribution in [0.15, 0.2) is 42.5 Å². The highest BCUT2D eigenvalue weighted by atomic mass is 19.3. The van der Waals surface area contributed by atoms with Crippen LogP contribution < -0.4 is 15.4 Å². The smallest absolute Gasteiger partial charge is 0.387 e. The Morgan fingerprint density at radius 1 is 1.07 bits per heavy atom. The molecule has 12 heteroatoms. The summed E-state index contributed by atoms with van der Waals surface area (Å²) in [6.45, 7) is 0.759. The number of ether oxygens (including phenoxy) is 1. The third kappa shape index (κ3) is 7.59. The molecular formula is C30H35F3N4O5. The van der Waals surface area contributed by atoms with Crippen LogP contribution in [0.2, 0.25) is 0 Å². The summed E-state index contributed by atoms with van der Waals surface area (Å²) >= 11 is 0. The Hall–Kier alpha value is -4.09. The molecule has 4 amide bonds. The van der Waals surface area contributed by atoms with Crippen molar-refractivity contribution in [2.75, 3.05) is 26.2 Å². The number of amides is 4. The van der Waals surface area contributed by atoms with E-state index >= 15 is 0 Å². The van der Waals surface area contributed by atoms with Crippen LogP contribution in [-0.2, 0) is 16.0 Å². The van der Waals surface area contributed by atoms with Crippen LogP contribution in [0.3, 0.4) is 0 Å². The Labute approximate surface area is 242 Å². The fraction of sp³-hybridized carbons (Fsp3) is 0.467. The molecule has 2 heterocycles. The third-order valence-corrected chi connectivity index (χ3v) is 7.52. The zero-order valence-corrected chi connectivity index (χ0v) is 23.6. The number of rotatable bonds is 4. The van der Waals surface area contributed by atoms with Crippen LogP contribution >= 0.6 is 0 Å². The second kappa shape index (κ2) is 13.7. The van der Waals surface area contributed by atoms with Crippen molar-refractivity contribution in [1.82, 2.24) is 20.4 Å². The van der Waals surface area contributed by atoms with E-state index in [2.05, 4.69) is 15.4 Å². The number of nitrogens with one attached hydrogen (secondary N) is 2. The van der Waals surface area contributed by atoms with E-state index in [9.17, 15) is 32.3 Å². The van der Waals surface area contributed by atoms with Crippen molar-refractivity contribution < 1.29 is 37.1 Å². The molecule has 1 fully saturated rings. The highest BCUT2D eigenvalue weighted by Gasteiger charge is 2.37. The molecule has 2 aromatic rings. The summed E-state index contributed by atoms with van der Waals surface area (Å²) in [4.78, 5) is 56.0. The maximum Gasteiger partial charge on any atom is 0.387 e. The number of aryl methyl sites for hydroxylation is 1. The lowest BCUT2D eigenvalue weighted by molar-refractivity contribution is -0.126. The topological polar surface area (TPSA) is 108 Å². The van der Waals surface area contributed by atoms with Crippen LogP contribution in [-0.4, -0.2) is 78.3 Å². The van der Waals surface area contributed by atoms with E-state index in [0.29, 0.717) is 37.8 Å². The predicted molar refractivity (Wildman–Crippen MR) is 148 cm³/mol. The van der Waals surface area contributed by atoms with Gasteiger partial charge in [0, 0.05) is 31.2 Å². The quantitative estimate of drug-likeness (QED) is 0.570. The molecule has 9 nitrogen and oxygen atoms in total. The van der Waals surface area contributed by atoms with Crippen molar-refractivity contribution in [2.24, 2.45) is 5.92 Å². The molecule has 0 aliphatic carbocycles. The van der Waals surface area contributed by atoms with Gasteiger partial charge in [-0.2, -0.15) is 8.78 Å². The lowest BCUT2D eigenvalue weighted by Crippen LogP contribution is -2.54. The number of benzene rings is 2. The minimum atomic E-state index is -3.07. The van der Waals surface area contributed by atoms with E-state index in [1.807, 2.05) is 13.8 Å². The zero-order chi connectivity index (χ0) is 30.4. The molecule has 42 heavy (non-hydrogen) atoms. The maximum absolute atomic E-state index is 14.7. The fourth-order valence-electron chi connectivity index (χ4n) is 5.23. The first-order valence-electron chi connectivity index (χ1n) is 14.0. The van der Waals surface area contributed by atoms with Crippen molar-refractivity contribution in [2.45, 2.75) is 58.2 Å². The number of alkyl halides is 2. The highest BCUT2D eigenvalue weighted by Crippen LogP contribution is 2.24. The van der Waals surface area contributed by atoms with E-state index in [4.69, 9.17) is 0 Å². The first-order valence-corrected chi connectivity index (χ1v) is 14.0. The van der Waals surface area contributed by atoms with E-state index in [1.54, 1.807) is 6.07 Å². The molecule has 2 bridgehead atoms. The van der Waals surface area contributed by atoms with Crippen molar-refractivity contribution in [3.8, 4) is 5.75 Å². The summed E-state index contributed by atoms with van der Waals surface area (Å²) in [7, 11) is 0. The summed E-state index contributed by atoms with van der Waals surface area (Å²) in [6, 6.07) is 8.15. The van der Waals surface area contributed by atoms with Gasteiger partial charge in [-0.1, -0.05) is 26.0 Å². The molecule has 0 aromatic heterocycles. The Kier molecular flexibility index (Phi) is 10.1. The van der Waals surface area contributed by atoms with Gasteiger partial charge in [0.25, 0.3) is 11.8 Å². The first kappa shape index (κ1) is 30.9. The number of fused-ring (bicyclic) bond motifs is 3. The molecule has 1 saturated heterocycles. The summed E-state index contributed by atoms with van der Waals surface area (Å²) in [5, 5.41) is 5.71. The molecule has 0 saturated carbocycles. The SMILES string of the molecule is CC(C)[C@@H]1CN(C(=O)c2cccc(OC(F)F)c2)CC(=O)NCCCc2ccc(F)c(c2)C(=O)N2CCC[C@H]2C(=O)N1. The third-order valence-electron chi connectivity index (χ3n) is 7.52. The normalized spacial score (nSPS) is 20.7. The van der Waals surface area contributed by atoms with Crippen LogP contribution in [0.1, 0.15) is 59.4 Å². The van der Waals surface area contributed by atoms with Crippen LogP contribution in [0, 0.1) is 11.7 Å². The summed E-state index contributed by atoms with van der Waals surface area (Å²) in [6.07, 6.45) is 1.91. The monoisotopic (exact) mass is 588 g/mol. The Morgan fingerprint density at radius 3 is 2.60 bits per heavy atom. The minimum Gasteiger partial charge on any atom is -0.435 e. The van der Waals surface area contributed by atoms with Crippen molar-refractivity contribution in [3.05, 3.63) is 65.0 Å². The van der Waals surface area contributed by atoms with Crippen molar-refractivity contribution >= 4 is 23.6 Å². The average Bonchev–Trinajstić information content (AvgIpc) is 3.44. The number of hydrogen-bond acceptors (Lipinski definition) is 5. The average molecular weight is 589 g/mol. The van der Waals surface area contributed by atoms with Gasteiger partial charge in [0.15, 0.2) is 0 Å². The standard InChI is InChI=1S/C30H35F3N4O5/c1-18(2)24-16-36(28(40)20-7-3-8-21(15-20)42-30(32)33)17-26(38)34-12-4-6-19-10-11-23(31)22(14-19)29(41)37-13-5-9-25(37)27(39)35-24/h3,7-8,10-11,14-15,18,24-25,30H,4-6,9,12-13,16-17H2,1-2H3,(H,34,38)(H,35,39)/t24-,25-/m0/s1. The minimum absolute atomic E-state index is 0.0366. The molecule has 226 valence electrons. The summed E-state index contributed by atoms with van der Waals surface area (Å²) in [5.74, 6) is -3.12. The fourth-order valence-corrected chi connectivity index (χ4v) is 5.23. The highest BCUT2D eigenvalue weighted by molar-refractivity contribution is 5.99. The van der Waals surface area contributed by atoms with E-state index in [1.165, 1.54) is 46.2 Å². The number of nitrogens with zero attached hydrogens (tertiary/aromatic N) is 2. The van der Waals surface area contributed by atoms with E-state index < -0.39 is 48.1 Å². The second-order valence-corrected chi connectivity index (χ2v) is 10.9. The van der Waals surface area contributed by atoms with Gasteiger partial charge in [-0.25, -0.2) is 4.39 Å². The summed E-state index contributed by atoms with van der Waals surface area (Å²) < 4.78 is 44.7. The van der Waals surface area contributed by atoms with Gasteiger partial charge >= 0.3 is 6.61 Å². The van der Waals surface area contributed by atoms with Gasteiger partial charge in [-0.05, 0) is 67.5 Å². The van der Waals surface area contributed by atoms with Crippen LogP contribution in [0.25, 0.3) is 0 Å². The molecule has 0 unspecified atom stereocenters. The van der Waals surface area contributed by atoms with Gasteiger partial charge in [0.1, 0.15) is 17.6 Å². The Morgan fingerprint density at radius 2 is 1.86 bits per heavy atom. The lowest BCUT2D eigenvalue weighted by atomic mass is 10.0. The molecule has 2 aliphatic rings. The van der Waals surface area contributed by atoms with Crippen LogP contribution in [0.5, 0.6) is 5.75 Å². The number of carbonyl (C=O) groups is 4. The predicted octanol–water partition coefficient (Wildman–Crippen LogP) is 3.38. The summed E-state index contributed by atoms with van der Waals surface area (Å²) in [5.41, 5.74) is 0.645. The molecule has 4 rings (SSSR count). The van der Waals surface area contributed by atoms with E-state index in [-0.39, 0.29) is 42.4 Å². The van der Waals surface area contributed by atoms with Gasteiger partial charge in [0.2, 0.25) is 11.8 Å².